The molecule has 2 amide bonds. The van der Waals surface area contributed by atoms with Crippen molar-refractivity contribution in [2.45, 2.75) is 19.4 Å². The van der Waals surface area contributed by atoms with Crippen LogP contribution in [0.25, 0.3) is 0 Å². The molecule has 0 radical (unpaired) electrons. The van der Waals surface area contributed by atoms with E-state index in [0.29, 0.717) is 11.4 Å². The van der Waals surface area contributed by atoms with Gasteiger partial charge >= 0.3 is 0 Å². The van der Waals surface area contributed by atoms with Gasteiger partial charge in [0.15, 0.2) is 0 Å². The van der Waals surface area contributed by atoms with Crippen LogP contribution in [0.5, 0.6) is 0 Å². The maximum atomic E-state index is 12.7. The van der Waals surface area contributed by atoms with Crippen molar-refractivity contribution in [1.29, 1.82) is 0 Å². The second-order valence-electron chi connectivity index (χ2n) is 5.68. The molecule has 0 aliphatic carbocycles. The third-order valence-corrected chi connectivity index (χ3v) is 5.54. The highest BCUT2D eigenvalue weighted by Crippen LogP contribution is 2.33. The number of anilines is 1. The number of fused-ring (bicyclic) bond motifs is 1. The number of para-hydroxylation sites is 1. The van der Waals surface area contributed by atoms with Crippen molar-refractivity contribution in [2.24, 2.45) is 5.92 Å². The van der Waals surface area contributed by atoms with E-state index in [2.05, 4.69) is 19.2 Å². The van der Waals surface area contributed by atoms with Crippen LogP contribution in [-0.4, -0.2) is 37.8 Å². The molecular weight excluding hydrogens is 348 g/mol. The van der Waals surface area contributed by atoms with Gasteiger partial charge in [-0.2, -0.15) is 12.6 Å². The van der Waals surface area contributed by atoms with Crippen molar-refractivity contribution in [3.8, 4) is 0 Å². The molecule has 0 fully saturated rings. The number of nitrogens with zero attached hydrogens (tertiary/aromatic N) is 1. The molecule has 0 saturated heterocycles. The van der Waals surface area contributed by atoms with Gasteiger partial charge in [0, 0.05) is 23.8 Å². The van der Waals surface area contributed by atoms with Gasteiger partial charge in [0.05, 0.1) is 5.75 Å². The smallest absolute Gasteiger partial charge is 0.256 e. The molecule has 2 atom stereocenters. The molecular formula is C16H20N2O4S2. The summed E-state index contributed by atoms with van der Waals surface area (Å²) in [6, 6.07) is 6.28. The normalized spacial score (nSPS) is 17.9. The molecule has 1 aromatic carbocycles. The van der Waals surface area contributed by atoms with Gasteiger partial charge in [-0.05, 0) is 11.6 Å². The summed E-state index contributed by atoms with van der Waals surface area (Å²) in [5, 5.41) is 0. The second kappa shape index (κ2) is 7.40. The number of benzene rings is 1. The van der Waals surface area contributed by atoms with Crippen LogP contribution in [0.1, 0.15) is 12.5 Å². The largest absolute Gasteiger partial charge is 0.299 e. The van der Waals surface area contributed by atoms with Crippen molar-refractivity contribution in [2.75, 3.05) is 16.4 Å². The summed E-state index contributed by atoms with van der Waals surface area (Å²) in [7, 11) is -3.80. The Labute approximate surface area is 147 Å². The summed E-state index contributed by atoms with van der Waals surface area (Å²) >= 11 is 4.14. The molecule has 6 nitrogen and oxygen atoms in total. The van der Waals surface area contributed by atoms with Crippen LogP contribution in [0.2, 0.25) is 0 Å². The Bertz CT molecular complexity index is 761. The molecule has 8 heteroatoms. The number of carbonyl (C=O) groups excluding carboxylic acids is 2. The third-order valence-electron chi connectivity index (χ3n) is 3.80. The summed E-state index contributed by atoms with van der Waals surface area (Å²) in [5.41, 5.74) is 1.47. The molecule has 2 rings (SSSR count). The van der Waals surface area contributed by atoms with E-state index < -0.39 is 22.0 Å². The Hall–Kier alpha value is -1.80. The van der Waals surface area contributed by atoms with E-state index in [-0.39, 0.29) is 24.0 Å². The number of amides is 2. The third kappa shape index (κ3) is 3.81. The van der Waals surface area contributed by atoms with Gasteiger partial charge in [0.2, 0.25) is 15.9 Å². The fourth-order valence-corrected chi connectivity index (χ4v) is 3.59. The molecule has 130 valence electrons. The molecule has 24 heavy (non-hydrogen) atoms. The van der Waals surface area contributed by atoms with Gasteiger partial charge in [0.1, 0.15) is 6.04 Å². The van der Waals surface area contributed by atoms with Crippen LogP contribution >= 0.6 is 12.6 Å². The van der Waals surface area contributed by atoms with Crippen molar-refractivity contribution in [1.82, 2.24) is 4.72 Å². The molecule has 1 aliphatic rings. The highest BCUT2D eigenvalue weighted by molar-refractivity contribution is 7.90. The molecule has 0 spiro atoms. The minimum Gasteiger partial charge on any atom is -0.299 e. The Morgan fingerprint density at radius 2 is 2.12 bits per heavy atom. The topological polar surface area (TPSA) is 83.6 Å². The number of hydrogen-bond donors (Lipinski definition) is 2. The summed E-state index contributed by atoms with van der Waals surface area (Å²) in [6.45, 7) is 5.08. The van der Waals surface area contributed by atoms with E-state index in [1.807, 2.05) is 16.9 Å². The van der Waals surface area contributed by atoms with Gasteiger partial charge in [-0.1, -0.05) is 31.2 Å². The lowest BCUT2D eigenvalue weighted by molar-refractivity contribution is -0.126. The van der Waals surface area contributed by atoms with Gasteiger partial charge in [0.25, 0.3) is 5.91 Å². The summed E-state index contributed by atoms with van der Waals surface area (Å²) in [4.78, 5) is 26.6. The monoisotopic (exact) mass is 368 g/mol. The molecule has 0 saturated carbocycles. The minimum absolute atomic E-state index is 0.254. The average molecular weight is 368 g/mol. The highest BCUT2D eigenvalue weighted by Gasteiger charge is 2.40. The lowest BCUT2D eigenvalue weighted by atomic mass is 10.1. The zero-order chi connectivity index (χ0) is 17.9. The van der Waals surface area contributed by atoms with E-state index in [4.69, 9.17) is 0 Å². The van der Waals surface area contributed by atoms with E-state index in [1.54, 1.807) is 19.1 Å². The van der Waals surface area contributed by atoms with Crippen molar-refractivity contribution in [3.05, 3.63) is 42.5 Å². The number of nitrogens with one attached hydrogen (secondary N) is 1. The SMILES string of the molecule is C=CCS(=O)(=O)NC(=O)[C@@H]1Cc2ccccc2N1C(=O)[C@H](C)CS. The first kappa shape index (κ1) is 18.5. The summed E-state index contributed by atoms with van der Waals surface area (Å²) < 4.78 is 25.7. The molecule has 0 unspecified atom stereocenters. The molecule has 1 aliphatic heterocycles. The maximum absolute atomic E-state index is 12.7. The fourth-order valence-electron chi connectivity index (χ4n) is 2.60. The van der Waals surface area contributed by atoms with Crippen LogP contribution in [0.15, 0.2) is 36.9 Å². The van der Waals surface area contributed by atoms with Crippen LogP contribution in [0, 0.1) is 5.92 Å². The molecule has 0 aromatic heterocycles. The first-order valence-corrected chi connectivity index (χ1v) is 9.76. The predicted molar refractivity (Wildman–Crippen MR) is 96.6 cm³/mol. The number of rotatable bonds is 6. The molecule has 0 bridgehead atoms. The Morgan fingerprint density at radius 1 is 1.46 bits per heavy atom. The van der Waals surface area contributed by atoms with E-state index in [1.165, 1.54) is 11.0 Å². The van der Waals surface area contributed by atoms with Gasteiger partial charge in [-0.25, -0.2) is 8.42 Å². The Kier molecular flexibility index (Phi) is 5.71. The van der Waals surface area contributed by atoms with Crippen LogP contribution in [-0.2, 0) is 26.0 Å². The molecule has 1 N–H and O–H groups in total. The number of carbonyl (C=O) groups is 2. The van der Waals surface area contributed by atoms with Crippen LogP contribution < -0.4 is 9.62 Å². The Balaban J connectivity index is 2.33. The Morgan fingerprint density at radius 3 is 2.75 bits per heavy atom. The van der Waals surface area contributed by atoms with E-state index >= 15 is 0 Å². The van der Waals surface area contributed by atoms with Gasteiger partial charge in [-0.15, -0.1) is 6.58 Å². The average Bonchev–Trinajstić information content (AvgIpc) is 2.92. The predicted octanol–water partition coefficient (Wildman–Crippen LogP) is 1.14. The highest BCUT2D eigenvalue weighted by atomic mass is 32.2. The zero-order valence-electron chi connectivity index (χ0n) is 13.3. The lowest BCUT2D eigenvalue weighted by Crippen LogP contribution is -2.51. The molecule has 1 aromatic rings. The zero-order valence-corrected chi connectivity index (χ0v) is 15.0. The van der Waals surface area contributed by atoms with Gasteiger partial charge < -0.3 is 0 Å². The quantitative estimate of drug-likeness (QED) is 0.583. The summed E-state index contributed by atoms with van der Waals surface area (Å²) in [5.74, 6) is -1.39. The standard InChI is InChI=1S/C16H20N2O4S2/c1-3-8-24(21,22)17-15(19)14-9-12-6-4-5-7-13(12)18(14)16(20)11(2)10-23/h3-7,11,14,23H,1,8-10H2,2H3,(H,17,19)/t11-,14+/m1/s1. The van der Waals surface area contributed by atoms with Crippen molar-refractivity contribution >= 4 is 40.2 Å². The maximum Gasteiger partial charge on any atom is 0.256 e. The van der Waals surface area contributed by atoms with Gasteiger partial charge in [-0.3, -0.25) is 19.2 Å². The number of hydrogen-bond acceptors (Lipinski definition) is 5. The minimum atomic E-state index is -3.80. The van der Waals surface area contributed by atoms with Crippen molar-refractivity contribution < 1.29 is 18.0 Å². The summed E-state index contributed by atoms with van der Waals surface area (Å²) in [6.07, 6.45) is 1.47. The first-order chi connectivity index (χ1) is 11.3. The fraction of sp³-hybridized carbons (Fsp3) is 0.375. The van der Waals surface area contributed by atoms with Crippen LogP contribution in [0.3, 0.4) is 0 Å². The van der Waals surface area contributed by atoms with Crippen molar-refractivity contribution in [3.63, 3.8) is 0 Å². The van der Waals surface area contributed by atoms with E-state index in [0.717, 1.165) is 5.56 Å². The molecule has 1 heterocycles. The van der Waals surface area contributed by atoms with E-state index in [9.17, 15) is 18.0 Å². The number of thiol groups is 1. The lowest BCUT2D eigenvalue weighted by Gasteiger charge is -2.27. The van der Waals surface area contributed by atoms with Crippen LogP contribution in [0.4, 0.5) is 5.69 Å². The number of sulfonamides is 1. The first-order valence-electron chi connectivity index (χ1n) is 7.47. The second-order valence-corrected chi connectivity index (χ2v) is 7.81.